The van der Waals surface area contributed by atoms with E-state index in [9.17, 15) is 0 Å². The molecule has 1 aromatic heterocycles. The monoisotopic (exact) mass is 360 g/mol. The van der Waals surface area contributed by atoms with Crippen LogP contribution in [0.25, 0.3) is 0 Å². The fourth-order valence-corrected chi connectivity index (χ4v) is 4.40. The highest BCUT2D eigenvalue weighted by Crippen LogP contribution is 2.43. The van der Waals surface area contributed by atoms with Crippen LogP contribution < -0.4 is 0 Å². The van der Waals surface area contributed by atoms with E-state index in [1.807, 2.05) is 6.07 Å². The van der Waals surface area contributed by atoms with Crippen molar-refractivity contribution in [2.24, 2.45) is 0 Å². The Morgan fingerprint density at radius 2 is 1.52 bits per heavy atom. The van der Waals surface area contributed by atoms with Crippen LogP contribution in [-0.2, 0) is 0 Å². The third-order valence-corrected chi connectivity index (χ3v) is 5.62. The number of benzene rings is 1. The van der Waals surface area contributed by atoms with E-state index in [4.69, 9.17) is 34.8 Å². The van der Waals surface area contributed by atoms with Crippen molar-refractivity contribution >= 4 is 46.1 Å². The van der Waals surface area contributed by atoms with Gasteiger partial charge in [-0.2, -0.15) is 0 Å². The predicted molar refractivity (Wildman–Crippen MR) is 96.7 cm³/mol. The lowest BCUT2D eigenvalue weighted by Gasteiger charge is -2.19. The topological polar surface area (TPSA) is 0 Å². The van der Waals surface area contributed by atoms with Gasteiger partial charge in [0, 0.05) is 5.56 Å². The summed E-state index contributed by atoms with van der Waals surface area (Å²) in [5.41, 5.74) is 4.63. The number of thiophene rings is 1. The average Bonchev–Trinajstić information content (AvgIpc) is 2.76. The summed E-state index contributed by atoms with van der Waals surface area (Å²) in [5, 5.41) is -0.264. The standard InChI is InChI=1S/C17H19Cl3S/c1-9(2)11-5-6-12(13(7-11)10(3)4)16(19)14-8-15(18)21-17(14)20/h5-10,16H,1-4H3. The molecule has 0 aliphatic heterocycles. The van der Waals surface area contributed by atoms with Crippen LogP contribution in [0.4, 0.5) is 0 Å². The van der Waals surface area contributed by atoms with E-state index in [1.165, 1.54) is 22.5 Å². The molecule has 0 fully saturated rings. The lowest BCUT2D eigenvalue weighted by molar-refractivity contribution is 0.819. The molecule has 0 aliphatic carbocycles. The second-order valence-electron chi connectivity index (χ2n) is 5.84. The summed E-state index contributed by atoms with van der Waals surface area (Å²) in [6.45, 7) is 8.78. The summed E-state index contributed by atoms with van der Waals surface area (Å²) < 4.78 is 1.34. The maximum absolute atomic E-state index is 6.69. The number of hydrogen-bond acceptors (Lipinski definition) is 1. The van der Waals surface area contributed by atoms with Crippen molar-refractivity contribution in [1.82, 2.24) is 0 Å². The van der Waals surface area contributed by atoms with Gasteiger partial charge in [0.25, 0.3) is 0 Å². The summed E-state index contributed by atoms with van der Waals surface area (Å²) >= 11 is 20.4. The molecule has 0 nitrogen and oxygen atoms in total. The quantitative estimate of drug-likeness (QED) is 0.491. The van der Waals surface area contributed by atoms with E-state index in [0.29, 0.717) is 20.5 Å². The van der Waals surface area contributed by atoms with Crippen LogP contribution in [0.2, 0.25) is 8.67 Å². The Kier molecular flexibility index (Phi) is 5.65. The first-order valence-electron chi connectivity index (χ1n) is 7.03. The zero-order valence-corrected chi connectivity index (χ0v) is 15.7. The van der Waals surface area contributed by atoms with Gasteiger partial charge < -0.3 is 0 Å². The van der Waals surface area contributed by atoms with Gasteiger partial charge in [0.15, 0.2) is 0 Å². The predicted octanol–water partition coefficient (Wildman–Crippen LogP) is 7.63. The van der Waals surface area contributed by atoms with Gasteiger partial charge in [0.2, 0.25) is 0 Å². The number of alkyl halides is 1. The number of rotatable bonds is 4. The largest absolute Gasteiger partial charge is 0.112 e. The Bertz CT molecular complexity index is 629. The van der Waals surface area contributed by atoms with Gasteiger partial charge in [-0.25, -0.2) is 0 Å². The first-order valence-corrected chi connectivity index (χ1v) is 9.04. The van der Waals surface area contributed by atoms with Crippen molar-refractivity contribution in [3.05, 3.63) is 55.2 Å². The van der Waals surface area contributed by atoms with Gasteiger partial charge in [-0.3, -0.25) is 0 Å². The van der Waals surface area contributed by atoms with Crippen LogP contribution in [0, 0.1) is 0 Å². The normalized spacial score (nSPS) is 13.2. The minimum Gasteiger partial charge on any atom is -0.112 e. The van der Waals surface area contributed by atoms with Gasteiger partial charge in [0.05, 0.1) is 14.0 Å². The van der Waals surface area contributed by atoms with Gasteiger partial charge in [-0.1, -0.05) is 69.1 Å². The van der Waals surface area contributed by atoms with Gasteiger partial charge in [0.1, 0.15) is 0 Å². The van der Waals surface area contributed by atoms with E-state index in [0.717, 1.165) is 11.1 Å². The average molecular weight is 362 g/mol. The molecule has 21 heavy (non-hydrogen) atoms. The molecule has 0 spiro atoms. The Balaban J connectivity index is 2.50. The molecule has 0 amide bonds. The molecular weight excluding hydrogens is 343 g/mol. The first-order chi connectivity index (χ1) is 9.81. The minimum absolute atomic E-state index is 0.264. The molecule has 4 heteroatoms. The van der Waals surface area contributed by atoms with Crippen LogP contribution in [0.5, 0.6) is 0 Å². The van der Waals surface area contributed by atoms with E-state index in [2.05, 4.69) is 45.9 Å². The maximum atomic E-state index is 6.69. The number of halogens is 3. The second kappa shape index (κ2) is 6.91. The lowest BCUT2D eigenvalue weighted by atomic mass is 9.89. The molecule has 2 rings (SSSR count). The number of hydrogen-bond donors (Lipinski definition) is 0. The molecule has 1 unspecified atom stereocenters. The van der Waals surface area contributed by atoms with Crippen LogP contribution in [0.1, 0.15) is 67.2 Å². The third-order valence-electron chi connectivity index (χ3n) is 3.63. The summed E-state index contributed by atoms with van der Waals surface area (Å²) in [6, 6.07) is 8.42. The van der Waals surface area contributed by atoms with Crippen molar-refractivity contribution in [2.75, 3.05) is 0 Å². The van der Waals surface area contributed by atoms with Crippen molar-refractivity contribution in [1.29, 1.82) is 0 Å². The minimum atomic E-state index is -0.264. The first kappa shape index (κ1) is 17.1. The Hall–Kier alpha value is -0.210. The van der Waals surface area contributed by atoms with E-state index >= 15 is 0 Å². The smallest absolute Gasteiger partial charge is 0.0994 e. The van der Waals surface area contributed by atoms with E-state index in [-0.39, 0.29) is 5.38 Å². The molecule has 2 aromatic rings. The molecule has 0 aliphatic rings. The fourth-order valence-electron chi connectivity index (χ4n) is 2.38. The summed E-state index contributed by atoms with van der Waals surface area (Å²) in [7, 11) is 0. The van der Waals surface area contributed by atoms with Crippen LogP contribution in [0.3, 0.4) is 0 Å². The SMILES string of the molecule is CC(C)c1ccc(C(Cl)c2cc(Cl)sc2Cl)c(C(C)C)c1. The third kappa shape index (κ3) is 3.76. The molecule has 0 radical (unpaired) electrons. The zero-order valence-electron chi connectivity index (χ0n) is 12.6. The highest BCUT2D eigenvalue weighted by Gasteiger charge is 2.21. The molecular formula is C17H19Cl3S. The Morgan fingerprint density at radius 3 is 2.00 bits per heavy atom. The van der Waals surface area contributed by atoms with Gasteiger partial charge in [-0.15, -0.1) is 22.9 Å². The molecule has 1 atom stereocenters. The Morgan fingerprint density at radius 1 is 0.857 bits per heavy atom. The molecule has 1 heterocycles. The highest BCUT2D eigenvalue weighted by atomic mass is 35.5. The Labute approximate surface area is 146 Å². The van der Waals surface area contributed by atoms with E-state index < -0.39 is 0 Å². The molecule has 0 saturated heterocycles. The summed E-state index contributed by atoms with van der Waals surface area (Å²) in [6.07, 6.45) is 0. The molecule has 1 aromatic carbocycles. The lowest BCUT2D eigenvalue weighted by Crippen LogP contribution is -2.02. The van der Waals surface area contributed by atoms with Crippen molar-refractivity contribution in [3.63, 3.8) is 0 Å². The summed E-state index contributed by atoms with van der Waals surface area (Å²) in [4.78, 5) is 0. The van der Waals surface area contributed by atoms with Crippen LogP contribution >= 0.6 is 46.1 Å². The van der Waals surface area contributed by atoms with Crippen molar-refractivity contribution in [3.8, 4) is 0 Å². The maximum Gasteiger partial charge on any atom is 0.0994 e. The van der Waals surface area contributed by atoms with Crippen molar-refractivity contribution in [2.45, 2.75) is 44.9 Å². The highest BCUT2D eigenvalue weighted by molar-refractivity contribution is 7.20. The van der Waals surface area contributed by atoms with Crippen LogP contribution in [-0.4, -0.2) is 0 Å². The second-order valence-corrected chi connectivity index (χ2v) is 8.56. The van der Waals surface area contributed by atoms with Gasteiger partial charge >= 0.3 is 0 Å². The van der Waals surface area contributed by atoms with E-state index in [1.54, 1.807) is 0 Å². The molecule has 0 saturated carbocycles. The summed E-state index contributed by atoms with van der Waals surface area (Å²) in [5.74, 6) is 0.914. The van der Waals surface area contributed by atoms with Crippen molar-refractivity contribution < 1.29 is 0 Å². The van der Waals surface area contributed by atoms with Gasteiger partial charge in [-0.05, 0) is 34.6 Å². The molecule has 114 valence electrons. The fraction of sp³-hybridized carbons (Fsp3) is 0.412. The molecule has 0 N–H and O–H groups in total. The zero-order chi connectivity index (χ0) is 15.7. The van der Waals surface area contributed by atoms with Crippen LogP contribution in [0.15, 0.2) is 24.3 Å². The molecule has 0 bridgehead atoms.